The van der Waals surface area contributed by atoms with E-state index in [1.54, 1.807) is 28.6 Å². The fraction of sp³-hybridized carbons (Fsp3) is 0.368. The summed E-state index contributed by atoms with van der Waals surface area (Å²) < 4.78 is 26.0. The summed E-state index contributed by atoms with van der Waals surface area (Å²) in [5.41, 5.74) is 6.54. The molecule has 0 unspecified atom stereocenters. The number of hydrogen-bond acceptors (Lipinski definition) is 3. The first-order valence-corrected chi connectivity index (χ1v) is 9.79. The lowest BCUT2D eigenvalue weighted by molar-refractivity contribution is 0.410. The van der Waals surface area contributed by atoms with Crippen LogP contribution in [0, 0.1) is 0 Å². The Kier molecular flexibility index (Phi) is 9.30. The van der Waals surface area contributed by atoms with Crippen LogP contribution in [0.25, 0.3) is 0 Å². The van der Waals surface area contributed by atoms with E-state index in [1.165, 1.54) is 5.56 Å². The lowest BCUT2D eigenvalue weighted by Crippen LogP contribution is -2.32. The van der Waals surface area contributed by atoms with E-state index < -0.39 is 10.0 Å². The van der Waals surface area contributed by atoms with Gasteiger partial charge in [0, 0.05) is 19.6 Å². The molecule has 0 fully saturated rings. The molecule has 24 heavy (non-hydrogen) atoms. The molecular formula is C19H28N2O2S. The van der Waals surface area contributed by atoms with Crippen LogP contribution >= 0.6 is 0 Å². The summed E-state index contributed by atoms with van der Waals surface area (Å²) in [7, 11) is -3.29. The predicted octanol–water partition coefficient (Wildman–Crippen LogP) is 3.64. The van der Waals surface area contributed by atoms with E-state index in [4.69, 9.17) is 5.73 Å². The van der Waals surface area contributed by atoms with Gasteiger partial charge in [-0.25, -0.2) is 8.42 Å². The van der Waals surface area contributed by atoms with Crippen LogP contribution in [0.5, 0.6) is 0 Å². The minimum absolute atomic E-state index is 0.386. The average molecular weight is 349 g/mol. The Labute approximate surface area is 146 Å². The van der Waals surface area contributed by atoms with E-state index in [2.05, 4.69) is 0 Å². The predicted molar refractivity (Wildman–Crippen MR) is 100 cm³/mol. The Bertz CT molecular complexity index is 652. The number of nitrogens with two attached hydrogens (primary N) is 1. The highest BCUT2D eigenvalue weighted by Crippen LogP contribution is 2.15. The molecule has 132 valence electrons. The summed E-state index contributed by atoms with van der Waals surface area (Å²) in [5.74, 6) is 0. The van der Waals surface area contributed by atoms with Crippen LogP contribution in [-0.2, 0) is 16.6 Å². The van der Waals surface area contributed by atoms with Gasteiger partial charge in [-0.2, -0.15) is 4.31 Å². The third kappa shape index (κ3) is 6.43. The zero-order valence-electron chi connectivity index (χ0n) is 14.6. The van der Waals surface area contributed by atoms with Gasteiger partial charge in [0.2, 0.25) is 10.0 Å². The lowest BCUT2D eigenvalue weighted by Gasteiger charge is -2.20. The molecule has 0 aromatic heterocycles. The number of rotatable bonds is 7. The minimum atomic E-state index is -3.29. The van der Waals surface area contributed by atoms with Crippen molar-refractivity contribution in [1.29, 1.82) is 0 Å². The number of hydrogen-bond donors (Lipinski definition) is 1. The Balaban J connectivity index is 0.000000300. The topological polar surface area (TPSA) is 63.4 Å². The van der Waals surface area contributed by atoms with Gasteiger partial charge in [0.15, 0.2) is 0 Å². The van der Waals surface area contributed by atoms with Crippen LogP contribution in [0.2, 0.25) is 0 Å². The molecule has 5 heteroatoms. The summed E-state index contributed by atoms with van der Waals surface area (Å²) in [6.07, 6.45) is 1.68. The monoisotopic (exact) mass is 348 g/mol. The van der Waals surface area contributed by atoms with Crippen LogP contribution in [0.1, 0.15) is 32.3 Å². The SMILES string of the molecule is CCCN(CCC)S(=O)(=O)c1ccccc1.NCc1ccccc1. The molecule has 0 radical (unpaired) electrons. The van der Waals surface area contributed by atoms with E-state index in [-0.39, 0.29) is 0 Å². The molecule has 0 saturated carbocycles. The van der Waals surface area contributed by atoms with E-state index >= 15 is 0 Å². The highest BCUT2D eigenvalue weighted by atomic mass is 32.2. The van der Waals surface area contributed by atoms with Crippen molar-refractivity contribution in [2.24, 2.45) is 5.73 Å². The van der Waals surface area contributed by atoms with Gasteiger partial charge in [-0.15, -0.1) is 0 Å². The van der Waals surface area contributed by atoms with E-state index in [1.807, 2.05) is 50.2 Å². The van der Waals surface area contributed by atoms with Gasteiger partial charge >= 0.3 is 0 Å². The second-order valence-electron chi connectivity index (χ2n) is 5.41. The van der Waals surface area contributed by atoms with Crippen molar-refractivity contribution in [2.75, 3.05) is 13.1 Å². The van der Waals surface area contributed by atoms with Gasteiger partial charge in [0.1, 0.15) is 0 Å². The maximum atomic E-state index is 12.2. The van der Waals surface area contributed by atoms with E-state index in [0.717, 1.165) is 12.8 Å². The average Bonchev–Trinajstić information content (AvgIpc) is 2.63. The Morgan fingerprint density at radius 3 is 1.67 bits per heavy atom. The third-order valence-electron chi connectivity index (χ3n) is 3.41. The van der Waals surface area contributed by atoms with Crippen LogP contribution in [0.4, 0.5) is 0 Å². The molecule has 0 atom stereocenters. The van der Waals surface area contributed by atoms with Gasteiger partial charge in [-0.05, 0) is 30.5 Å². The first kappa shape index (κ1) is 20.4. The largest absolute Gasteiger partial charge is 0.326 e. The van der Waals surface area contributed by atoms with Gasteiger partial charge in [0.05, 0.1) is 4.90 Å². The number of nitrogens with zero attached hydrogens (tertiary/aromatic N) is 1. The highest BCUT2D eigenvalue weighted by Gasteiger charge is 2.22. The summed E-state index contributed by atoms with van der Waals surface area (Å²) >= 11 is 0. The van der Waals surface area contributed by atoms with Gasteiger partial charge in [0.25, 0.3) is 0 Å². The van der Waals surface area contributed by atoms with E-state index in [9.17, 15) is 8.42 Å². The summed E-state index contributed by atoms with van der Waals surface area (Å²) in [5, 5.41) is 0. The Morgan fingerprint density at radius 2 is 1.29 bits per heavy atom. The summed E-state index contributed by atoms with van der Waals surface area (Å²) in [6, 6.07) is 18.6. The van der Waals surface area contributed by atoms with Crippen LogP contribution in [0.15, 0.2) is 65.6 Å². The molecule has 2 aromatic rings. The molecule has 0 spiro atoms. The summed E-state index contributed by atoms with van der Waals surface area (Å²) in [6.45, 7) is 5.79. The first-order valence-electron chi connectivity index (χ1n) is 8.35. The second kappa shape index (κ2) is 11.0. The maximum Gasteiger partial charge on any atom is 0.243 e. The van der Waals surface area contributed by atoms with Gasteiger partial charge in [-0.1, -0.05) is 62.4 Å². The zero-order valence-corrected chi connectivity index (χ0v) is 15.4. The molecule has 0 aliphatic rings. The van der Waals surface area contributed by atoms with Crippen LogP contribution in [-0.4, -0.2) is 25.8 Å². The fourth-order valence-electron chi connectivity index (χ4n) is 2.21. The van der Waals surface area contributed by atoms with Crippen molar-refractivity contribution in [1.82, 2.24) is 4.31 Å². The van der Waals surface area contributed by atoms with Crippen molar-refractivity contribution >= 4 is 10.0 Å². The number of sulfonamides is 1. The van der Waals surface area contributed by atoms with E-state index in [0.29, 0.717) is 24.5 Å². The lowest BCUT2D eigenvalue weighted by atomic mass is 10.2. The van der Waals surface area contributed by atoms with Crippen LogP contribution in [0.3, 0.4) is 0 Å². The molecule has 0 aliphatic heterocycles. The van der Waals surface area contributed by atoms with Gasteiger partial charge < -0.3 is 5.73 Å². The highest BCUT2D eigenvalue weighted by molar-refractivity contribution is 7.89. The molecule has 0 heterocycles. The molecule has 2 N–H and O–H groups in total. The smallest absolute Gasteiger partial charge is 0.243 e. The molecule has 0 aliphatic carbocycles. The molecule has 0 saturated heterocycles. The van der Waals surface area contributed by atoms with Crippen LogP contribution < -0.4 is 5.73 Å². The fourth-order valence-corrected chi connectivity index (χ4v) is 3.85. The normalized spacial score (nSPS) is 11.0. The zero-order chi connectivity index (χ0) is 17.8. The standard InChI is InChI=1S/C12H19NO2S.C7H9N/c1-3-10-13(11-4-2)16(14,15)12-8-6-5-7-9-12;8-6-7-4-2-1-3-5-7/h5-9H,3-4,10-11H2,1-2H3;1-5H,6,8H2. The van der Waals surface area contributed by atoms with Crippen molar-refractivity contribution in [3.05, 3.63) is 66.2 Å². The first-order chi connectivity index (χ1) is 11.6. The van der Waals surface area contributed by atoms with Crippen molar-refractivity contribution in [3.8, 4) is 0 Å². The van der Waals surface area contributed by atoms with Crippen molar-refractivity contribution in [2.45, 2.75) is 38.1 Å². The molecule has 2 rings (SSSR count). The van der Waals surface area contributed by atoms with Crippen molar-refractivity contribution in [3.63, 3.8) is 0 Å². The molecular weight excluding hydrogens is 320 g/mol. The molecule has 4 nitrogen and oxygen atoms in total. The minimum Gasteiger partial charge on any atom is -0.326 e. The quantitative estimate of drug-likeness (QED) is 0.831. The van der Waals surface area contributed by atoms with Crippen molar-refractivity contribution < 1.29 is 8.42 Å². The Hall–Kier alpha value is -1.69. The second-order valence-corrected chi connectivity index (χ2v) is 7.34. The Morgan fingerprint density at radius 1 is 0.833 bits per heavy atom. The number of benzene rings is 2. The third-order valence-corrected chi connectivity index (χ3v) is 5.32. The molecule has 0 amide bonds. The molecule has 0 bridgehead atoms. The van der Waals surface area contributed by atoms with Gasteiger partial charge in [-0.3, -0.25) is 0 Å². The maximum absolute atomic E-state index is 12.2. The molecule has 2 aromatic carbocycles. The summed E-state index contributed by atoms with van der Waals surface area (Å²) in [4.78, 5) is 0.386.